The van der Waals surface area contributed by atoms with Crippen molar-refractivity contribution in [2.45, 2.75) is 13.0 Å². The molecular weight excluding hydrogens is 224 g/mol. The van der Waals surface area contributed by atoms with E-state index in [1.54, 1.807) is 19.1 Å². The maximum atomic E-state index is 11.9. The molecule has 6 heteroatoms. The van der Waals surface area contributed by atoms with Crippen molar-refractivity contribution in [3.63, 3.8) is 0 Å². The molecule has 1 aromatic carbocycles. The van der Waals surface area contributed by atoms with E-state index in [0.717, 1.165) is 4.90 Å². The minimum absolute atomic E-state index is 0.306. The van der Waals surface area contributed by atoms with Crippen molar-refractivity contribution in [3.8, 4) is 5.75 Å². The first kappa shape index (κ1) is 11.3. The SMILES string of the molecule is COC(=O)N1C(=O)C(C)Oc2ccc(N)cc21. The van der Waals surface area contributed by atoms with E-state index in [-0.39, 0.29) is 0 Å². The highest BCUT2D eigenvalue weighted by molar-refractivity contribution is 6.16. The number of imide groups is 1. The molecule has 0 aliphatic carbocycles. The lowest BCUT2D eigenvalue weighted by molar-refractivity contribution is -0.125. The quantitative estimate of drug-likeness (QED) is 0.683. The molecule has 1 heterocycles. The predicted molar refractivity (Wildman–Crippen MR) is 60.8 cm³/mol. The number of anilines is 2. The van der Waals surface area contributed by atoms with Crippen LogP contribution in [0.15, 0.2) is 18.2 Å². The molecule has 2 N–H and O–H groups in total. The standard InChI is InChI=1S/C11H12N2O4/c1-6-10(14)13(11(15)16-2)8-5-7(12)3-4-9(8)17-6/h3-6H,12H2,1-2H3. The summed E-state index contributed by atoms with van der Waals surface area (Å²) >= 11 is 0. The zero-order valence-electron chi connectivity index (χ0n) is 9.47. The van der Waals surface area contributed by atoms with Crippen LogP contribution in [0, 0.1) is 0 Å². The number of carbonyl (C=O) groups is 2. The number of ether oxygens (including phenoxy) is 2. The minimum atomic E-state index is -0.753. The van der Waals surface area contributed by atoms with Crippen molar-refractivity contribution in [2.75, 3.05) is 17.7 Å². The Labute approximate surface area is 97.9 Å². The van der Waals surface area contributed by atoms with Crippen molar-refractivity contribution in [2.24, 2.45) is 0 Å². The second-order valence-corrected chi connectivity index (χ2v) is 3.63. The summed E-state index contributed by atoms with van der Waals surface area (Å²) in [6.45, 7) is 1.57. The van der Waals surface area contributed by atoms with E-state index in [1.165, 1.54) is 13.2 Å². The molecule has 0 aromatic heterocycles. The summed E-state index contributed by atoms with van der Waals surface area (Å²) in [5.41, 5.74) is 6.36. The minimum Gasteiger partial charge on any atom is -0.479 e. The number of nitrogen functional groups attached to an aromatic ring is 1. The van der Waals surface area contributed by atoms with Crippen molar-refractivity contribution in [1.29, 1.82) is 0 Å². The molecule has 17 heavy (non-hydrogen) atoms. The molecule has 0 spiro atoms. The van der Waals surface area contributed by atoms with Gasteiger partial charge in [0.05, 0.1) is 12.8 Å². The molecule has 1 aliphatic rings. The van der Waals surface area contributed by atoms with Crippen LogP contribution in [0.3, 0.4) is 0 Å². The Morgan fingerprint density at radius 1 is 1.53 bits per heavy atom. The third-order valence-corrected chi connectivity index (χ3v) is 2.45. The van der Waals surface area contributed by atoms with Gasteiger partial charge in [-0.25, -0.2) is 9.69 Å². The predicted octanol–water partition coefficient (Wildman–Crippen LogP) is 1.15. The highest BCUT2D eigenvalue weighted by Gasteiger charge is 2.36. The van der Waals surface area contributed by atoms with Gasteiger partial charge in [-0.2, -0.15) is 0 Å². The van der Waals surface area contributed by atoms with Gasteiger partial charge in [0.2, 0.25) is 0 Å². The number of carbonyl (C=O) groups excluding carboxylic acids is 2. The van der Waals surface area contributed by atoms with Crippen LogP contribution in [-0.4, -0.2) is 25.2 Å². The molecule has 2 rings (SSSR count). The Kier molecular flexibility index (Phi) is 2.63. The van der Waals surface area contributed by atoms with Gasteiger partial charge in [0.25, 0.3) is 5.91 Å². The Bertz CT molecular complexity index is 486. The lowest BCUT2D eigenvalue weighted by atomic mass is 10.2. The van der Waals surface area contributed by atoms with Gasteiger partial charge < -0.3 is 15.2 Å². The van der Waals surface area contributed by atoms with Crippen molar-refractivity contribution in [1.82, 2.24) is 0 Å². The lowest BCUT2D eigenvalue weighted by Crippen LogP contribution is -2.47. The maximum Gasteiger partial charge on any atom is 0.421 e. The Morgan fingerprint density at radius 3 is 2.88 bits per heavy atom. The second-order valence-electron chi connectivity index (χ2n) is 3.63. The summed E-state index contributed by atoms with van der Waals surface area (Å²) < 4.78 is 9.94. The van der Waals surface area contributed by atoms with E-state index in [0.29, 0.717) is 17.1 Å². The Hall–Kier alpha value is -2.24. The molecule has 0 saturated carbocycles. The Morgan fingerprint density at radius 2 is 2.24 bits per heavy atom. The van der Waals surface area contributed by atoms with Gasteiger partial charge in [-0.3, -0.25) is 4.79 Å². The molecule has 90 valence electrons. The van der Waals surface area contributed by atoms with E-state index < -0.39 is 18.1 Å². The van der Waals surface area contributed by atoms with E-state index in [4.69, 9.17) is 10.5 Å². The van der Waals surface area contributed by atoms with Gasteiger partial charge in [0.1, 0.15) is 5.75 Å². The molecule has 0 radical (unpaired) electrons. The summed E-state index contributed by atoms with van der Waals surface area (Å²) in [5, 5.41) is 0. The third-order valence-electron chi connectivity index (χ3n) is 2.45. The monoisotopic (exact) mass is 236 g/mol. The van der Waals surface area contributed by atoms with Gasteiger partial charge in [-0.1, -0.05) is 0 Å². The number of nitrogens with two attached hydrogens (primary N) is 1. The molecule has 6 nitrogen and oxygen atoms in total. The van der Waals surface area contributed by atoms with Crippen molar-refractivity contribution >= 4 is 23.4 Å². The summed E-state index contributed by atoms with van der Waals surface area (Å²) in [4.78, 5) is 24.4. The van der Waals surface area contributed by atoms with E-state index in [1.807, 2.05) is 0 Å². The van der Waals surface area contributed by atoms with Gasteiger partial charge in [0, 0.05) is 5.69 Å². The highest BCUT2D eigenvalue weighted by Crippen LogP contribution is 2.35. The summed E-state index contributed by atoms with van der Waals surface area (Å²) in [5.74, 6) is -0.0494. The molecule has 1 unspecified atom stereocenters. The fourth-order valence-electron chi connectivity index (χ4n) is 1.63. The number of nitrogens with zero attached hydrogens (tertiary/aromatic N) is 1. The molecule has 0 bridgehead atoms. The number of rotatable bonds is 0. The van der Waals surface area contributed by atoms with Crippen LogP contribution in [-0.2, 0) is 9.53 Å². The fourth-order valence-corrected chi connectivity index (χ4v) is 1.63. The van der Waals surface area contributed by atoms with Crippen LogP contribution in [0.5, 0.6) is 5.75 Å². The second kappa shape index (κ2) is 3.97. The number of fused-ring (bicyclic) bond motifs is 1. The van der Waals surface area contributed by atoms with Gasteiger partial charge in [-0.05, 0) is 25.1 Å². The molecule has 1 atom stereocenters. The summed E-state index contributed by atoms with van der Waals surface area (Å²) in [6.07, 6.45) is -1.48. The van der Waals surface area contributed by atoms with Gasteiger partial charge >= 0.3 is 6.09 Å². The number of amides is 2. The maximum absolute atomic E-state index is 11.9. The summed E-state index contributed by atoms with van der Waals surface area (Å²) in [7, 11) is 1.21. The van der Waals surface area contributed by atoms with Crippen LogP contribution in [0.4, 0.5) is 16.2 Å². The first-order valence-electron chi connectivity index (χ1n) is 5.02. The van der Waals surface area contributed by atoms with Crippen LogP contribution >= 0.6 is 0 Å². The number of hydrogen-bond donors (Lipinski definition) is 1. The molecule has 2 amide bonds. The zero-order valence-corrected chi connectivity index (χ0v) is 9.47. The molecular formula is C11H12N2O4. The first-order valence-corrected chi connectivity index (χ1v) is 5.02. The largest absolute Gasteiger partial charge is 0.479 e. The highest BCUT2D eigenvalue weighted by atomic mass is 16.5. The Balaban J connectivity index is 2.54. The average molecular weight is 236 g/mol. The van der Waals surface area contributed by atoms with E-state index in [2.05, 4.69) is 4.74 Å². The van der Waals surface area contributed by atoms with Crippen LogP contribution < -0.4 is 15.4 Å². The van der Waals surface area contributed by atoms with Crippen LogP contribution in [0.25, 0.3) is 0 Å². The fraction of sp³-hybridized carbons (Fsp3) is 0.273. The van der Waals surface area contributed by atoms with Crippen molar-refractivity contribution < 1.29 is 19.1 Å². The van der Waals surface area contributed by atoms with E-state index in [9.17, 15) is 9.59 Å². The smallest absolute Gasteiger partial charge is 0.421 e. The van der Waals surface area contributed by atoms with E-state index >= 15 is 0 Å². The van der Waals surface area contributed by atoms with Crippen molar-refractivity contribution in [3.05, 3.63) is 18.2 Å². The lowest BCUT2D eigenvalue weighted by Gasteiger charge is -2.30. The number of methoxy groups -OCH3 is 1. The first-order chi connectivity index (χ1) is 8.04. The normalized spacial score (nSPS) is 18.4. The van der Waals surface area contributed by atoms with Gasteiger partial charge in [0.15, 0.2) is 6.10 Å². The zero-order chi connectivity index (χ0) is 12.6. The van der Waals surface area contributed by atoms with Gasteiger partial charge in [-0.15, -0.1) is 0 Å². The molecule has 1 aliphatic heterocycles. The average Bonchev–Trinajstić information content (AvgIpc) is 2.31. The van der Waals surface area contributed by atoms with Crippen LogP contribution in [0.1, 0.15) is 6.92 Å². The van der Waals surface area contributed by atoms with Crippen LogP contribution in [0.2, 0.25) is 0 Å². The molecule has 0 fully saturated rings. The number of benzene rings is 1. The topological polar surface area (TPSA) is 81.9 Å². The molecule has 0 saturated heterocycles. The molecule has 1 aromatic rings. The number of hydrogen-bond acceptors (Lipinski definition) is 5. The summed E-state index contributed by atoms with van der Waals surface area (Å²) in [6, 6.07) is 4.75. The third kappa shape index (κ3) is 1.77.